The normalized spacial score (nSPS) is 15.0. The van der Waals surface area contributed by atoms with E-state index in [1.54, 1.807) is 42.3 Å². The molecular formula is C26H25N3O5. The van der Waals surface area contributed by atoms with Crippen molar-refractivity contribution in [3.8, 4) is 11.5 Å². The molecule has 0 radical (unpaired) electrons. The Morgan fingerprint density at radius 1 is 0.941 bits per heavy atom. The number of carbonyl (C=O) groups is 2. The van der Waals surface area contributed by atoms with Crippen LogP contribution >= 0.6 is 0 Å². The Kier molecular flexibility index (Phi) is 5.90. The van der Waals surface area contributed by atoms with E-state index in [1.165, 1.54) is 26.1 Å². The lowest BCUT2D eigenvalue weighted by atomic mass is 10.1. The summed E-state index contributed by atoms with van der Waals surface area (Å²) in [6, 6.07) is 15.3. The van der Waals surface area contributed by atoms with Gasteiger partial charge >= 0.3 is 5.97 Å². The standard InChI is InChI=1S/C26H25N3O5/c1-17-19(26(31)34-32-2)6-5-9-23(17)33-24-12-13-27-16-20(24)25(30)29-15-14-28(18-10-11-18)21-7-3-4-8-22(21)29/h3-9,12-13,16,18H,10-11,14-15H2,1-2H3. The van der Waals surface area contributed by atoms with E-state index in [1.807, 2.05) is 18.2 Å². The van der Waals surface area contributed by atoms with E-state index in [2.05, 4.69) is 25.7 Å². The Labute approximate surface area is 197 Å². The summed E-state index contributed by atoms with van der Waals surface area (Å²) in [5.74, 6) is -0.00701. The average Bonchev–Trinajstić information content (AvgIpc) is 3.70. The Hall–Kier alpha value is -3.91. The molecule has 2 aliphatic rings. The second-order valence-electron chi connectivity index (χ2n) is 8.31. The minimum atomic E-state index is -0.624. The van der Waals surface area contributed by atoms with Crippen molar-refractivity contribution in [1.29, 1.82) is 0 Å². The number of anilines is 2. The molecule has 8 nitrogen and oxygen atoms in total. The molecule has 0 atom stereocenters. The topological polar surface area (TPSA) is 81.2 Å². The number of benzene rings is 2. The molecule has 1 fully saturated rings. The molecule has 5 rings (SSSR count). The van der Waals surface area contributed by atoms with Crippen LogP contribution < -0.4 is 14.5 Å². The van der Waals surface area contributed by atoms with Crippen LogP contribution in [0.1, 0.15) is 39.1 Å². The van der Waals surface area contributed by atoms with Crippen LogP contribution in [0, 0.1) is 6.92 Å². The van der Waals surface area contributed by atoms with Gasteiger partial charge in [-0.2, -0.15) is 4.89 Å². The third-order valence-corrected chi connectivity index (χ3v) is 6.17. The van der Waals surface area contributed by atoms with Gasteiger partial charge in [-0.25, -0.2) is 4.79 Å². The number of aromatic nitrogens is 1. The zero-order valence-corrected chi connectivity index (χ0v) is 19.1. The van der Waals surface area contributed by atoms with Crippen LogP contribution in [0.3, 0.4) is 0 Å². The van der Waals surface area contributed by atoms with Gasteiger partial charge in [-0.15, -0.1) is 0 Å². The fourth-order valence-electron chi connectivity index (χ4n) is 4.32. The van der Waals surface area contributed by atoms with E-state index < -0.39 is 5.97 Å². The first-order chi connectivity index (χ1) is 16.6. The summed E-state index contributed by atoms with van der Waals surface area (Å²) in [7, 11) is 1.27. The predicted octanol–water partition coefficient (Wildman–Crippen LogP) is 4.53. The molecule has 1 aliphatic carbocycles. The van der Waals surface area contributed by atoms with Gasteiger partial charge in [0.25, 0.3) is 5.91 Å². The molecule has 0 unspecified atom stereocenters. The predicted molar refractivity (Wildman–Crippen MR) is 126 cm³/mol. The molecule has 0 saturated heterocycles. The van der Waals surface area contributed by atoms with E-state index in [0.29, 0.717) is 40.8 Å². The maximum atomic E-state index is 13.7. The minimum absolute atomic E-state index is 0.182. The van der Waals surface area contributed by atoms with Gasteiger partial charge in [0.05, 0.1) is 24.0 Å². The van der Waals surface area contributed by atoms with Gasteiger partial charge in [0.1, 0.15) is 17.1 Å². The Bertz CT molecular complexity index is 1240. The SMILES string of the molecule is COOC(=O)c1cccc(Oc2ccncc2C(=O)N2CCN(C3CC3)c3ccccc32)c1C. The van der Waals surface area contributed by atoms with Crippen molar-refractivity contribution >= 4 is 23.3 Å². The summed E-state index contributed by atoms with van der Waals surface area (Å²) in [6.07, 6.45) is 5.48. The van der Waals surface area contributed by atoms with E-state index >= 15 is 0 Å². The summed E-state index contributed by atoms with van der Waals surface area (Å²) >= 11 is 0. The summed E-state index contributed by atoms with van der Waals surface area (Å²) in [4.78, 5) is 43.4. The summed E-state index contributed by atoms with van der Waals surface area (Å²) < 4.78 is 6.13. The Morgan fingerprint density at radius 3 is 2.50 bits per heavy atom. The first kappa shape index (κ1) is 21.9. The van der Waals surface area contributed by atoms with E-state index in [-0.39, 0.29) is 5.91 Å². The fraction of sp³-hybridized carbons (Fsp3) is 0.269. The van der Waals surface area contributed by atoms with Gasteiger partial charge in [0, 0.05) is 37.1 Å². The highest BCUT2D eigenvalue weighted by atomic mass is 17.2. The highest BCUT2D eigenvalue weighted by Crippen LogP contribution is 2.41. The molecule has 0 spiro atoms. The van der Waals surface area contributed by atoms with Crippen LogP contribution in [-0.2, 0) is 9.78 Å². The molecule has 3 aromatic rings. The number of ether oxygens (including phenoxy) is 1. The molecule has 0 N–H and O–H groups in total. The van der Waals surface area contributed by atoms with Crippen LogP contribution in [0.2, 0.25) is 0 Å². The zero-order chi connectivity index (χ0) is 23.7. The van der Waals surface area contributed by atoms with Crippen molar-refractivity contribution in [2.45, 2.75) is 25.8 Å². The monoisotopic (exact) mass is 459 g/mol. The fourth-order valence-corrected chi connectivity index (χ4v) is 4.32. The lowest BCUT2D eigenvalue weighted by molar-refractivity contribution is -0.216. The van der Waals surface area contributed by atoms with Gasteiger partial charge in [-0.3, -0.25) is 14.7 Å². The van der Waals surface area contributed by atoms with Crippen molar-refractivity contribution < 1.29 is 24.1 Å². The van der Waals surface area contributed by atoms with E-state index in [4.69, 9.17) is 4.74 Å². The lowest BCUT2D eigenvalue weighted by Gasteiger charge is -2.38. The molecule has 2 aromatic carbocycles. The largest absolute Gasteiger partial charge is 0.456 e. The number of carbonyl (C=O) groups excluding carboxylic acids is 2. The molecule has 34 heavy (non-hydrogen) atoms. The maximum absolute atomic E-state index is 13.7. The number of hydrogen-bond acceptors (Lipinski definition) is 7. The Balaban J connectivity index is 1.45. The highest BCUT2D eigenvalue weighted by Gasteiger charge is 2.36. The molecule has 1 aliphatic heterocycles. The van der Waals surface area contributed by atoms with Crippen molar-refractivity contribution in [2.24, 2.45) is 0 Å². The van der Waals surface area contributed by atoms with Gasteiger partial charge < -0.3 is 14.5 Å². The van der Waals surface area contributed by atoms with Crippen molar-refractivity contribution in [2.75, 3.05) is 30.0 Å². The number of amides is 1. The third kappa shape index (κ3) is 4.08. The first-order valence-electron chi connectivity index (χ1n) is 11.2. The van der Waals surface area contributed by atoms with Crippen molar-refractivity contribution in [3.05, 3.63) is 77.6 Å². The molecule has 1 saturated carbocycles. The molecule has 174 valence electrons. The van der Waals surface area contributed by atoms with Crippen LogP contribution in [-0.4, -0.2) is 43.1 Å². The second kappa shape index (κ2) is 9.15. The third-order valence-electron chi connectivity index (χ3n) is 6.17. The summed E-state index contributed by atoms with van der Waals surface area (Å²) in [6.45, 7) is 3.11. The van der Waals surface area contributed by atoms with Gasteiger partial charge in [-0.1, -0.05) is 18.2 Å². The minimum Gasteiger partial charge on any atom is -0.456 e. The smallest absolute Gasteiger partial charge is 0.373 e. The number of para-hydroxylation sites is 2. The number of pyridine rings is 1. The van der Waals surface area contributed by atoms with Crippen molar-refractivity contribution in [1.82, 2.24) is 4.98 Å². The van der Waals surface area contributed by atoms with Crippen molar-refractivity contribution in [3.63, 3.8) is 0 Å². The number of hydrogen-bond donors (Lipinski definition) is 0. The molecule has 1 aromatic heterocycles. The van der Waals surface area contributed by atoms with Gasteiger partial charge in [-0.05, 0) is 50.1 Å². The van der Waals surface area contributed by atoms with Gasteiger partial charge in [0.2, 0.25) is 0 Å². The summed E-state index contributed by atoms with van der Waals surface area (Å²) in [5, 5.41) is 0. The van der Waals surface area contributed by atoms with E-state index in [0.717, 1.165) is 17.9 Å². The molecule has 1 amide bonds. The van der Waals surface area contributed by atoms with E-state index in [9.17, 15) is 9.59 Å². The number of rotatable bonds is 6. The molecular weight excluding hydrogens is 434 g/mol. The molecule has 0 bridgehead atoms. The summed E-state index contributed by atoms with van der Waals surface area (Å²) in [5.41, 5.74) is 3.20. The number of fused-ring (bicyclic) bond motifs is 1. The first-order valence-corrected chi connectivity index (χ1v) is 11.2. The van der Waals surface area contributed by atoms with Gasteiger partial charge in [0.15, 0.2) is 0 Å². The van der Waals surface area contributed by atoms with Crippen LogP contribution in [0.5, 0.6) is 11.5 Å². The second-order valence-corrected chi connectivity index (χ2v) is 8.31. The van der Waals surface area contributed by atoms with Crippen LogP contribution in [0.15, 0.2) is 60.9 Å². The lowest BCUT2D eigenvalue weighted by Crippen LogP contribution is -2.45. The molecule has 8 heteroatoms. The Morgan fingerprint density at radius 2 is 1.74 bits per heavy atom. The average molecular weight is 460 g/mol. The van der Waals surface area contributed by atoms with Crippen LogP contribution in [0.25, 0.3) is 0 Å². The highest BCUT2D eigenvalue weighted by molar-refractivity contribution is 6.10. The quantitative estimate of drug-likeness (QED) is 0.396. The molecule has 2 heterocycles. The zero-order valence-electron chi connectivity index (χ0n) is 19.1. The number of nitrogens with zero attached hydrogens (tertiary/aromatic N) is 3. The maximum Gasteiger partial charge on any atom is 0.373 e. The van der Waals surface area contributed by atoms with Crippen LogP contribution in [0.4, 0.5) is 11.4 Å².